The molecular weight excluding hydrogens is 408 g/mol. The number of hydrogen-bond donors (Lipinski definition) is 4. The fourth-order valence-corrected chi connectivity index (χ4v) is 3.51. The molecule has 0 aliphatic rings. The lowest BCUT2D eigenvalue weighted by Crippen LogP contribution is -2.27. The Labute approximate surface area is 189 Å². The maximum atomic E-state index is 12.0. The molecule has 2 aromatic carbocycles. The summed E-state index contributed by atoms with van der Waals surface area (Å²) in [6.45, 7) is 2.79. The molecule has 0 aromatic heterocycles. The molecule has 7 nitrogen and oxygen atoms in total. The number of rotatable bonds is 13. The van der Waals surface area contributed by atoms with Crippen LogP contribution in [0.2, 0.25) is 0 Å². The molecule has 0 fully saturated rings. The maximum absolute atomic E-state index is 12.0. The third kappa shape index (κ3) is 8.32. The van der Waals surface area contributed by atoms with Gasteiger partial charge in [-0.15, -0.1) is 0 Å². The van der Waals surface area contributed by atoms with Crippen LogP contribution in [-0.2, 0) is 35.6 Å². The lowest BCUT2D eigenvalue weighted by atomic mass is 10.0. The van der Waals surface area contributed by atoms with E-state index < -0.39 is 0 Å². The molecule has 2 rings (SSSR count). The number of aliphatic hydroxyl groups is 2. The zero-order valence-electron chi connectivity index (χ0n) is 18.9. The highest BCUT2D eigenvalue weighted by Gasteiger charge is 2.07. The van der Waals surface area contributed by atoms with Crippen LogP contribution in [0.3, 0.4) is 0 Å². The Morgan fingerprint density at radius 3 is 1.94 bits per heavy atom. The third-order valence-corrected chi connectivity index (χ3v) is 5.35. The van der Waals surface area contributed by atoms with Crippen LogP contribution in [0, 0.1) is 6.92 Å². The van der Waals surface area contributed by atoms with Crippen molar-refractivity contribution in [1.29, 1.82) is 0 Å². The van der Waals surface area contributed by atoms with Crippen molar-refractivity contribution in [1.82, 2.24) is 10.6 Å². The van der Waals surface area contributed by atoms with Crippen molar-refractivity contribution >= 4 is 11.8 Å². The number of aryl methyl sites for hydroxylation is 1. The third-order valence-electron chi connectivity index (χ3n) is 5.35. The van der Waals surface area contributed by atoms with Gasteiger partial charge in [-0.1, -0.05) is 30.3 Å². The Morgan fingerprint density at radius 1 is 0.844 bits per heavy atom. The first-order valence-corrected chi connectivity index (χ1v) is 11.0. The van der Waals surface area contributed by atoms with Crippen molar-refractivity contribution in [2.75, 3.05) is 20.2 Å². The van der Waals surface area contributed by atoms with Gasteiger partial charge in [0.05, 0.1) is 20.3 Å². The van der Waals surface area contributed by atoms with Gasteiger partial charge in [-0.3, -0.25) is 9.59 Å². The first-order chi connectivity index (χ1) is 15.5. The second kappa shape index (κ2) is 13.5. The normalized spacial score (nSPS) is 10.6. The highest BCUT2D eigenvalue weighted by molar-refractivity contribution is 5.78. The van der Waals surface area contributed by atoms with E-state index in [9.17, 15) is 19.8 Å². The van der Waals surface area contributed by atoms with Crippen molar-refractivity contribution in [3.8, 4) is 5.75 Å². The Bertz CT molecular complexity index is 898. The van der Waals surface area contributed by atoms with E-state index in [1.54, 1.807) is 13.2 Å². The van der Waals surface area contributed by atoms with Crippen molar-refractivity contribution in [3.05, 3.63) is 64.2 Å². The monoisotopic (exact) mass is 442 g/mol. The minimum atomic E-state index is -0.127. The van der Waals surface area contributed by atoms with Gasteiger partial charge in [0.1, 0.15) is 5.75 Å². The minimum Gasteiger partial charge on any atom is -0.496 e. The van der Waals surface area contributed by atoms with E-state index in [-0.39, 0.29) is 25.0 Å². The average Bonchev–Trinajstić information content (AvgIpc) is 2.79. The molecule has 0 aliphatic heterocycles. The standard InChI is InChI=1S/C25H34N2O5/c1-18-14-19(7-9-23(18)32-2)10-12-26-24(30)4-3-5-25(31)27-13-11-20-6-8-21(16-28)22(15-20)17-29/h6-9,14-15,28-29H,3-5,10-13,16-17H2,1-2H3,(H,26,30)(H,27,31). The SMILES string of the molecule is COc1ccc(CCNC(=O)CCCC(=O)NCCc2ccc(CO)c(CO)c2)cc1C. The number of benzene rings is 2. The molecule has 4 N–H and O–H groups in total. The molecule has 7 heteroatoms. The molecule has 0 heterocycles. The van der Waals surface area contributed by atoms with Crippen LogP contribution >= 0.6 is 0 Å². The molecule has 0 unspecified atom stereocenters. The van der Waals surface area contributed by atoms with Crippen LogP contribution in [0.25, 0.3) is 0 Å². The number of methoxy groups -OCH3 is 1. The Morgan fingerprint density at radius 2 is 1.41 bits per heavy atom. The summed E-state index contributed by atoms with van der Waals surface area (Å²) >= 11 is 0. The van der Waals surface area contributed by atoms with E-state index in [2.05, 4.69) is 16.7 Å². The fourth-order valence-electron chi connectivity index (χ4n) is 3.51. The second-order valence-electron chi connectivity index (χ2n) is 7.78. The molecule has 2 amide bonds. The molecule has 0 aliphatic carbocycles. The van der Waals surface area contributed by atoms with Crippen molar-refractivity contribution in [3.63, 3.8) is 0 Å². The molecule has 32 heavy (non-hydrogen) atoms. The summed E-state index contributed by atoms with van der Waals surface area (Å²) in [7, 11) is 1.65. The zero-order valence-corrected chi connectivity index (χ0v) is 18.9. The topological polar surface area (TPSA) is 108 Å². The van der Waals surface area contributed by atoms with E-state index in [1.165, 1.54) is 0 Å². The Kier molecular flexibility index (Phi) is 10.7. The summed E-state index contributed by atoms with van der Waals surface area (Å²) in [4.78, 5) is 24.0. The summed E-state index contributed by atoms with van der Waals surface area (Å²) in [5, 5.41) is 24.3. The molecule has 0 bridgehead atoms. The number of hydrogen-bond acceptors (Lipinski definition) is 5. The van der Waals surface area contributed by atoms with E-state index in [1.807, 2.05) is 31.2 Å². The number of ether oxygens (including phenoxy) is 1. The summed E-state index contributed by atoms with van der Waals surface area (Å²) in [5.41, 5.74) is 4.60. The van der Waals surface area contributed by atoms with Crippen LogP contribution < -0.4 is 15.4 Å². The van der Waals surface area contributed by atoms with E-state index in [0.717, 1.165) is 28.9 Å². The Hall–Kier alpha value is -2.90. The van der Waals surface area contributed by atoms with Crippen LogP contribution in [0.5, 0.6) is 5.75 Å². The second-order valence-corrected chi connectivity index (χ2v) is 7.78. The van der Waals surface area contributed by atoms with Gasteiger partial charge in [0.15, 0.2) is 0 Å². The van der Waals surface area contributed by atoms with Crippen molar-refractivity contribution < 1.29 is 24.5 Å². The summed E-state index contributed by atoms with van der Waals surface area (Å²) in [6.07, 6.45) is 2.50. The first kappa shape index (κ1) is 25.4. The van der Waals surface area contributed by atoms with Gasteiger partial charge in [-0.2, -0.15) is 0 Å². The maximum Gasteiger partial charge on any atom is 0.220 e. The van der Waals surface area contributed by atoms with Gasteiger partial charge >= 0.3 is 0 Å². The van der Waals surface area contributed by atoms with Gasteiger partial charge in [0.25, 0.3) is 0 Å². The molecular formula is C25H34N2O5. The molecule has 0 spiro atoms. The van der Waals surface area contributed by atoms with Gasteiger partial charge in [0, 0.05) is 25.9 Å². The van der Waals surface area contributed by atoms with E-state index in [4.69, 9.17) is 4.74 Å². The summed E-state index contributed by atoms with van der Waals surface area (Å²) in [6, 6.07) is 11.5. The van der Waals surface area contributed by atoms with Gasteiger partial charge in [0.2, 0.25) is 11.8 Å². The number of carbonyl (C=O) groups excluding carboxylic acids is 2. The molecule has 0 atom stereocenters. The fraction of sp³-hybridized carbons (Fsp3) is 0.440. The molecule has 0 radical (unpaired) electrons. The Balaban J connectivity index is 1.59. The number of amides is 2. The molecule has 174 valence electrons. The largest absolute Gasteiger partial charge is 0.496 e. The summed E-state index contributed by atoms with van der Waals surface area (Å²) < 4.78 is 5.25. The van der Waals surface area contributed by atoms with Crippen LogP contribution in [-0.4, -0.2) is 42.2 Å². The van der Waals surface area contributed by atoms with Gasteiger partial charge in [-0.25, -0.2) is 0 Å². The first-order valence-electron chi connectivity index (χ1n) is 11.0. The van der Waals surface area contributed by atoms with Crippen molar-refractivity contribution in [2.45, 2.75) is 52.2 Å². The number of carbonyl (C=O) groups is 2. The van der Waals surface area contributed by atoms with E-state index >= 15 is 0 Å². The van der Waals surface area contributed by atoms with E-state index in [0.29, 0.717) is 49.9 Å². The molecule has 0 saturated carbocycles. The smallest absolute Gasteiger partial charge is 0.220 e. The predicted octanol–water partition coefficient (Wildman–Crippen LogP) is 2.18. The van der Waals surface area contributed by atoms with Crippen LogP contribution in [0.4, 0.5) is 0 Å². The van der Waals surface area contributed by atoms with Crippen molar-refractivity contribution in [2.24, 2.45) is 0 Å². The summed E-state index contributed by atoms with van der Waals surface area (Å²) in [5.74, 6) is 0.718. The van der Waals surface area contributed by atoms with Crippen LogP contribution in [0.1, 0.15) is 47.1 Å². The predicted molar refractivity (Wildman–Crippen MR) is 123 cm³/mol. The molecule has 2 aromatic rings. The number of aliphatic hydroxyl groups excluding tert-OH is 2. The lowest BCUT2D eigenvalue weighted by Gasteiger charge is -2.10. The zero-order chi connectivity index (χ0) is 23.3. The number of nitrogens with one attached hydrogen (secondary N) is 2. The highest BCUT2D eigenvalue weighted by Crippen LogP contribution is 2.18. The van der Waals surface area contributed by atoms with Gasteiger partial charge < -0.3 is 25.6 Å². The minimum absolute atomic E-state index is 0.0523. The van der Waals surface area contributed by atoms with Crippen LogP contribution in [0.15, 0.2) is 36.4 Å². The quantitative estimate of drug-likeness (QED) is 0.380. The lowest BCUT2D eigenvalue weighted by molar-refractivity contribution is -0.122. The molecule has 0 saturated heterocycles. The van der Waals surface area contributed by atoms with Gasteiger partial charge in [-0.05, 0) is 60.1 Å². The average molecular weight is 443 g/mol. The highest BCUT2D eigenvalue weighted by atomic mass is 16.5.